The largest absolute Gasteiger partial charge is 0.496 e. The minimum Gasteiger partial charge on any atom is -0.496 e. The Morgan fingerprint density at radius 1 is 1.38 bits per heavy atom. The van der Waals surface area contributed by atoms with Crippen LogP contribution in [0.2, 0.25) is 0 Å². The van der Waals surface area contributed by atoms with Crippen LogP contribution >= 0.6 is 31.9 Å². The van der Waals surface area contributed by atoms with E-state index < -0.39 is 0 Å². The number of rotatable bonds is 5. The summed E-state index contributed by atoms with van der Waals surface area (Å²) in [4.78, 5) is 0. The first kappa shape index (κ1) is 14.0. The minimum atomic E-state index is 0.327. The average molecular weight is 350 g/mol. The van der Waals surface area contributed by atoms with Crippen molar-refractivity contribution in [2.75, 3.05) is 12.4 Å². The first-order valence-electron chi connectivity index (χ1n) is 5.43. The van der Waals surface area contributed by atoms with E-state index in [1.807, 2.05) is 6.07 Å². The van der Waals surface area contributed by atoms with Crippen LogP contribution in [0.3, 0.4) is 0 Å². The molecule has 0 fully saturated rings. The molecule has 0 aromatic heterocycles. The number of halogens is 2. The smallest absolute Gasteiger partial charge is 0.133 e. The van der Waals surface area contributed by atoms with E-state index in [4.69, 9.17) is 4.74 Å². The Morgan fingerprint density at radius 2 is 2.06 bits per heavy atom. The molecule has 0 saturated heterocycles. The van der Waals surface area contributed by atoms with Gasteiger partial charge in [0.1, 0.15) is 5.75 Å². The van der Waals surface area contributed by atoms with Gasteiger partial charge in [-0.15, -0.1) is 0 Å². The highest BCUT2D eigenvalue weighted by atomic mass is 79.9. The molecular formula is C13H18Br2O. The highest BCUT2D eigenvalue weighted by molar-refractivity contribution is 9.10. The molecule has 1 atom stereocenters. The summed E-state index contributed by atoms with van der Waals surface area (Å²) in [5, 5.41) is 1.03. The molecule has 0 radical (unpaired) electrons. The van der Waals surface area contributed by atoms with Crippen molar-refractivity contribution in [3.8, 4) is 5.75 Å². The van der Waals surface area contributed by atoms with Crippen molar-refractivity contribution in [2.24, 2.45) is 5.41 Å². The van der Waals surface area contributed by atoms with Crippen molar-refractivity contribution in [3.05, 3.63) is 28.2 Å². The lowest BCUT2D eigenvalue weighted by atomic mass is 9.83. The van der Waals surface area contributed by atoms with Crippen LogP contribution in [0.25, 0.3) is 0 Å². The van der Waals surface area contributed by atoms with E-state index in [0.717, 1.165) is 22.0 Å². The molecule has 3 heteroatoms. The predicted molar refractivity (Wildman–Crippen MR) is 76.6 cm³/mol. The second-order valence-electron chi connectivity index (χ2n) is 4.44. The summed E-state index contributed by atoms with van der Waals surface area (Å²) in [5.74, 6) is 0.890. The molecule has 0 aliphatic carbocycles. The molecule has 0 aliphatic rings. The van der Waals surface area contributed by atoms with Gasteiger partial charge in [-0.2, -0.15) is 0 Å². The maximum atomic E-state index is 5.23. The van der Waals surface area contributed by atoms with E-state index in [1.54, 1.807) is 7.11 Å². The second-order valence-corrected chi connectivity index (χ2v) is 5.86. The van der Waals surface area contributed by atoms with Crippen LogP contribution in [-0.4, -0.2) is 12.4 Å². The molecule has 1 unspecified atom stereocenters. The van der Waals surface area contributed by atoms with Crippen LogP contribution in [0, 0.1) is 5.41 Å². The zero-order valence-electron chi connectivity index (χ0n) is 10.0. The topological polar surface area (TPSA) is 9.23 Å². The van der Waals surface area contributed by atoms with Gasteiger partial charge in [-0.05, 0) is 51.9 Å². The summed E-state index contributed by atoms with van der Waals surface area (Å²) in [6.45, 7) is 4.54. The normalized spacial score (nSPS) is 14.6. The summed E-state index contributed by atoms with van der Waals surface area (Å²) >= 11 is 7.12. The third kappa shape index (κ3) is 3.49. The predicted octanol–water partition coefficient (Wildman–Crippen LogP) is 4.81. The molecule has 0 amide bonds. The Kier molecular flexibility index (Phi) is 5.32. The second kappa shape index (κ2) is 6.06. The van der Waals surface area contributed by atoms with Crippen molar-refractivity contribution in [3.63, 3.8) is 0 Å². The van der Waals surface area contributed by atoms with Crippen molar-refractivity contribution < 1.29 is 4.74 Å². The van der Waals surface area contributed by atoms with Gasteiger partial charge in [-0.1, -0.05) is 35.8 Å². The van der Waals surface area contributed by atoms with Gasteiger partial charge in [0.05, 0.1) is 11.6 Å². The van der Waals surface area contributed by atoms with Gasteiger partial charge in [0, 0.05) is 5.33 Å². The Hall–Kier alpha value is -0.0200. The average Bonchev–Trinajstić information content (AvgIpc) is 2.29. The minimum absolute atomic E-state index is 0.327. The third-order valence-electron chi connectivity index (χ3n) is 3.02. The van der Waals surface area contributed by atoms with Crippen LogP contribution in [0.1, 0.15) is 25.8 Å². The van der Waals surface area contributed by atoms with Gasteiger partial charge >= 0.3 is 0 Å². The Morgan fingerprint density at radius 3 is 2.50 bits per heavy atom. The highest BCUT2D eigenvalue weighted by Crippen LogP contribution is 2.32. The molecule has 1 aromatic carbocycles. The Balaban J connectivity index is 2.86. The molecule has 0 bridgehead atoms. The molecule has 1 rings (SSSR count). The van der Waals surface area contributed by atoms with Crippen LogP contribution < -0.4 is 4.74 Å². The summed E-state index contributed by atoms with van der Waals surface area (Å²) < 4.78 is 6.25. The molecular weight excluding hydrogens is 332 g/mol. The summed E-state index contributed by atoms with van der Waals surface area (Å²) in [5.41, 5.74) is 1.67. The molecule has 90 valence electrons. The SMILES string of the molecule is CCC(C)(CBr)Cc1ccc(OC)c(Br)c1. The highest BCUT2D eigenvalue weighted by Gasteiger charge is 2.21. The van der Waals surface area contributed by atoms with E-state index in [1.165, 1.54) is 12.0 Å². The van der Waals surface area contributed by atoms with E-state index in [-0.39, 0.29) is 0 Å². The quantitative estimate of drug-likeness (QED) is 0.693. The van der Waals surface area contributed by atoms with Crippen LogP contribution in [-0.2, 0) is 6.42 Å². The van der Waals surface area contributed by atoms with Crippen LogP contribution in [0.4, 0.5) is 0 Å². The number of alkyl halides is 1. The van der Waals surface area contributed by atoms with Crippen LogP contribution in [0.15, 0.2) is 22.7 Å². The zero-order valence-corrected chi connectivity index (χ0v) is 13.2. The number of hydrogen-bond acceptors (Lipinski definition) is 1. The van der Waals surface area contributed by atoms with Crippen molar-refractivity contribution in [2.45, 2.75) is 26.7 Å². The van der Waals surface area contributed by atoms with Crippen molar-refractivity contribution >= 4 is 31.9 Å². The monoisotopic (exact) mass is 348 g/mol. The third-order valence-corrected chi connectivity index (χ3v) is 5.00. The Bertz CT molecular complexity index is 346. The van der Waals surface area contributed by atoms with Gasteiger partial charge in [-0.25, -0.2) is 0 Å². The molecule has 0 aliphatic heterocycles. The summed E-state index contributed by atoms with van der Waals surface area (Å²) in [6, 6.07) is 6.30. The van der Waals surface area contributed by atoms with Gasteiger partial charge in [0.15, 0.2) is 0 Å². The Labute approximate surface area is 115 Å². The van der Waals surface area contributed by atoms with E-state index >= 15 is 0 Å². The lowest BCUT2D eigenvalue weighted by Gasteiger charge is -2.25. The lowest BCUT2D eigenvalue weighted by Crippen LogP contribution is -2.20. The lowest BCUT2D eigenvalue weighted by molar-refractivity contribution is 0.361. The molecule has 1 nitrogen and oxygen atoms in total. The fourth-order valence-electron chi connectivity index (χ4n) is 1.58. The molecule has 0 saturated carbocycles. The number of ether oxygens (including phenoxy) is 1. The van der Waals surface area contributed by atoms with E-state index in [0.29, 0.717) is 5.41 Å². The molecule has 1 aromatic rings. The van der Waals surface area contributed by atoms with Crippen LogP contribution in [0.5, 0.6) is 5.75 Å². The standard InChI is InChI=1S/C13H18Br2O/c1-4-13(2,9-14)8-10-5-6-12(16-3)11(15)7-10/h5-7H,4,8-9H2,1-3H3. The van der Waals surface area contributed by atoms with E-state index in [2.05, 4.69) is 57.8 Å². The van der Waals surface area contributed by atoms with E-state index in [9.17, 15) is 0 Å². The number of methoxy groups -OCH3 is 1. The molecule has 0 spiro atoms. The number of benzene rings is 1. The van der Waals surface area contributed by atoms with Crippen molar-refractivity contribution in [1.29, 1.82) is 0 Å². The van der Waals surface area contributed by atoms with Crippen molar-refractivity contribution in [1.82, 2.24) is 0 Å². The fourth-order valence-corrected chi connectivity index (χ4v) is 2.76. The molecule has 0 heterocycles. The molecule has 16 heavy (non-hydrogen) atoms. The van der Waals surface area contributed by atoms with Gasteiger partial charge in [-0.3, -0.25) is 0 Å². The zero-order chi connectivity index (χ0) is 12.2. The van der Waals surface area contributed by atoms with Gasteiger partial charge < -0.3 is 4.74 Å². The first-order chi connectivity index (χ1) is 7.54. The maximum absolute atomic E-state index is 5.23. The summed E-state index contributed by atoms with van der Waals surface area (Å²) in [6.07, 6.45) is 2.25. The van der Waals surface area contributed by atoms with Gasteiger partial charge in [0.25, 0.3) is 0 Å². The summed E-state index contributed by atoms with van der Waals surface area (Å²) in [7, 11) is 1.69. The first-order valence-corrected chi connectivity index (χ1v) is 7.34. The fraction of sp³-hybridized carbons (Fsp3) is 0.538. The number of hydrogen-bond donors (Lipinski definition) is 0. The van der Waals surface area contributed by atoms with Gasteiger partial charge in [0.2, 0.25) is 0 Å². The molecule has 0 N–H and O–H groups in total. The maximum Gasteiger partial charge on any atom is 0.133 e.